The molecule has 2 aromatic rings. The quantitative estimate of drug-likeness (QED) is 0.403. The summed E-state index contributed by atoms with van der Waals surface area (Å²) in [6.07, 6.45) is 3.96. The number of aliphatic hydroxyl groups excluding tert-OH is 1. The standard InChI is InChI=1S/C24H27N3O5/c1-31-19-5-2-4-18(16-19)22(28)20-21(17-6-8-25-9-7-17)27(24(30)23(20)29)11-3-10-26-12-14-32-15-13-26/h2,4-9,16,21,28H,3,10-15H2,1H3/t21-/m1/s1. The van der Waals surface area contributed by atoms with Gasteiger partial charge in [-0.2, -0.15) is 0 Å². The second-order valence-corrected chi connectivity index (χ2v) is 7.81. The van der Waals surface area contributed by atoms with E-state index in [1.165, 1.54) is 7.11 Å². The van der Waals surface area contributed by atoms with Crippen LogP contribution < -0.4 is 4.74 Å². The Balaban J connectivity index is 1.65. The predicted octanol–water partition coefficient (Wildman–Crippen LogP) is 2.23. The van der Waals surface area contributed by atoms with Gasteiger partial charge in [0.25, 0.3) is 11.7 Å². The van der Waals surface area contributed by atoms with Gasteiger partial charge in [-0.1, -0.05) is 12.1 Å². The maximum atomic E-state index is 13.1. The number of amides is 1. The van der Waals surface area contributed by atoms with E-state index in [-0.39, 0.29) is 11.3 Å². The maximum absolute atomic E-state index is 13.1. The van der Waals surface area contributed by atoms with Crippen LogP contribution in [-0.2, 0) is 14.3 Å². The molecule has 2 saturated heterocycles. The normalized spacial score (nSPS) is 21.2. The summed E-state index contributed by atoms with van der Waals surface area (Å²) in [6, 6.07) is 9.68. The van der Waals surface area contributed by atoms with E-state index in [0.717, 1.165) is 25.2 Å². The van der Waals surface area contributed by atoms with Gasteiger partial charge in [0.15, 0.2) is 0 Å². The first-order chi connectivity index (χ1) is 15.6. The molecule has 1 amide bonds. The van der Waals surface area contributed by atoms with E-state index < -0.39 is 17.7 Å². The number of ether oxygens (including phenoxy) is 2. The summed E-state index contributed by atoms with van der Waals surface area (Å²) in [4.78, 5) is 33.9. The zero-order valence-electron chi connectivity index (χ0n) is 18.1. The number of aliphatic hydroxyl groups is 1. The lowest BCUT2D eigenvalue weighted by molar-refractivity contribution is -0.140. The highest BCUT2D eigenvalue weighted by Gasteiger charge is 2.45. The number of pyridine rings is 1. The van der Waals surface area contributed by atoms with Gasteiger partial charge in [0.2, 0.25) is 0 Å². The number of benzene rings is 1. The van der Waals surface area contributed by atoms with Crippen molar-refractivity contribution in [1.82, 2.24) is 14.8 Å². The summed E-state index contributed by atoms with van der Waals surface area (Å²) >= 11 is 0. The number of morpholine rings is 1. The van der Waals surface area contributed by atoms with Gasteiger partial charge in [0.1, 0.15) is 11.5 Å². The summed E-state index contributed by atoms with van der Waals surface area (Å²) < 4.78 is 10.6. The molecule has 0 saturated carbocycles. The van der Waals surface area contributed by atoms with E-state index in [1.54, 1.807) is 53.7 Å². The Morgan fingerprint density at radius 1 is 1.16 bits per heavy atom. The summed E-state index contributed by atoms with van der Waals surface area (Å²) in [6.45, 7) is 4.37. The third kappa shape index (κ3) is 4.51. The third-order valence-corrected chi connectivity index (χ3v) is 5.88. The van der Waals surface area contributed by atoms with E-state index in [1.807, 2.05) is 0 Å². The molecule has 8 nitrogen and oxygen atoms in total. The monoisotopic (exact) mass is 437 g/mol. The van der Waals surface area contributed by atoms with Crippen LogP contribution in [-0.4, -0.2) is 78.1 Å². The minimum absolute atomic E-state index is 0.0841. The number of nitrogens with zero attached hydrogens (tertiary/aromatic N) is 3. The molecule has 3 heterocycles. The van der Waals surface area contributed by atoms with Gasteiger partial charge in [0, 0.05) is 44.1 Å². The van der Waals surface area contributed by atoms with Crippen LogP contribution in [0.25, 0.3) is 5.76 Å². The molecular formula is C24H27N3O5. The Kier molecular flexibility index (Phi) is 6.82. The first kappa shape index (κ1) is 22.0. The molecule has 0 bridgehead atoms. The lowest BCUT2D eigenvalue weighted by Gasteiger charge is -2.29. The fourth-order valence-corrected chi connectivity index (χ4v) is 4.22. The average Bonchev–Trinajstić information content (AvgIpc) is 3.10. The number of carbonyl (C=O) groups excluding carboxylic acids is 2. The molecular weight excluding hydrogens is 410 g/mol. The van der Waals surface area contributed by atoms with Crippen LogP contribution >= 0.6 is 0 Å². The van der Waals surface area contributed by atoms with Crippen molar-refractivity contribution in [1.29, 1.82) is 0 Å². The van der Waals surface area contributed by atoms with Crippen LogP contribution in [0.1, 0.15) is 23.6 Å². The van der Waals surface area contributed by atoms with E-state index in [2.05, 4.69) is 9.88 Å². The van der Waals surface area contributed by atoms with Crippen LogP contribution in [0.4, 0.5) is 0 Å². The average molecular weight is 437 g/mol. The van der Waals surface area contributed by atoms with Crippen molar-refractivity contribution in [3.8, 4) is 5.75 Å². The SMILES string of the molecule is COc1cccc(C(O)=C2C(=O)C(=O)N(CCCN3CCOCC3)[C@@H]2c2ccncc2)c1. The van der Waals surface area contributed by atoms with Gasteiger partial charge in [-0.05, 0) is 36.2 Å². The highest BCUT2D eigenvalue weighted by atomic mass is 16.5. The zero-order valence-corrected chi connectivity index (χ0v) is 18.1. The first-order valence-electron chi connectivity index (χ1n) is 10.7. The number of likely N-dealkylation sites (tertiary alicyclic amines) is 1. The van der Waals surface area contributed by atoms with Crippen molar-refractivity contribution < 1.29 is 24.2 Å². The first-order valence-corrected chi connectivity index (χ1v) is 10.7. The van der Waals surface area contributed by atoms with Crippen LogP contribution in [0.3, 0.4) is 0 Å². The second kappa shape index (κ2) is 9.93. The van der Waals surface area contributed by atoms with Crippen LogP contribution in [0, 0.1) is 0 Å². The number of hydrogen-bond donors (Lipinski definition) is 1. The van der Waals surface area contributed by atoms with Gasteiger partial charge in [0.05, 0.1) is 31.9 Å². The largest absolute Gasteiger partial charge is 0.507 e. The van der Waals surface area contributed by atoms with E-state index >= 15 is 0 Å². The molecule has 2 aliphatic heterocycles. The number of ketones is 1. The van der Waals surface area contributed by atoms with Gasteiger partial charge in [-0.15, -0.1) is 0 Å². The number of rotatable bonds is 7. The second-order valence-electron chi connectivity index (χ2n) is 7.81. The van der Waals surface area contributed by atoms with Gasteiger partial charge in [-0.3, -0.25) is 19.5 Å². The fourth-order valence-electron chi connectivity index (χ4n) is 4.22. The van der Waals surface area contributed by atoms with Crippen LogP contribution in [0.5, 0.6) is 5.75 Å². The van der Waals surface area contributed by atoms with Gasteiger partial charge in [-0.25, -0.2) is 0 Å². The Morgan fingerprint density at radius 3 is 2.62 bits per heavy atom. The highest BCUT2D eigenvalue weighted by molar-refractivity contribution is 6.46. The summed E-state index contributed by atoms with van der Waals surface area (Å²) in [7, 11) is 1.53. The Bertz CT molecular complexity index is 1000. The van der Waals surface area contributed by atoms with E-state index in [4.69, 9.17) is 9.47 Å². The van der Waals surface area contributed by atoms with Crippen molar-refractivity contribution >= 4 is 17.4 Å². The minimum atomic E-state index is -0.682. The van der Waals surface area contributed by atoms with E-state index in [0.29, 0.717) is 37.5 Å². The number of Topliss-reactive ketones (excluding diaryl/α,β-unsaturated/α-hetero) is 1. The number of hydrogen-bond acceptors (Lipinski definition) is 7. The van der Waals surface area contributed by atoms with Crippen molar-refractivity contribution in [3.63, 3.8) is 0 Å². The molecule has 0 aliphatic carbocycles. The van der Waals surface area contributed by atoms with Gasteiger partial charge >= 0.3 is 0 Å². The van der Waals surface area contributed by atoms with Crippen molar-refractivity contribution in [3.05, 3.63) is 65.5 Å². The number of methoxy groups -OCH3 is 1. The Morgan fingerprint density at radius 2 is 1.91 bits per heavy atom. The van der Waals surface area contributed by atoms with E-state index in [9.17, 15) is 14.7 Å². The third-order valence-electron chi connectivity index (χ3n) is 5.88. The molecule has 1 aromatic heterocycles. The fraction of sp³-hybridized carbons (Fsp3) is 0.375. The Labute approximate surface area is 187 Å². The zero-order chi connectivity index (χ0) is 22.5. The Hall–Kier alpha value is -3.23. The molecule has 168 valence electrons. The van der Waals surface area contributed by atoms with Crippen LogP contribution in [0.2, 0.25) is 0 Å². The van der Waals surface area contributed by atoms with Crippen LogP contribution in [0.15, 0.2) is 54.4 Å². The molecule has 0 spiro atoms. The smallest absolute Gasteiger partial charge is 0.295 e. The molecule has 2 aliphatic rings. The molecule has 2 fully saturated rings. The summed E-state index contributed by atoms with van der Waals surface area (Å²) in [5.74, 6) is -0.939. The summed E-state index contributed by atoms with van der Waals surface area (Å²) in [5, 5.41) is 11.1. The molecule has 0 unspecified atom stereocenters. The molecule has 8 heteroatoms. The molecule has 1 N–H and O–H groups in total. The minimum Gasteiger partial charge on any atom is -0.507 e. The lowest BCUT2D eigenvalue weighted by atomic mass is 9.96. The molecule has 32 heavy (non-hydrogen) atoms. The lowest BCUT2D eigenvalue weighted by Crippen LogP contribution is -2.38. The molecule has 1 aromatic carbocycles. The molecule has 4 rings (SSSR count). The van der Waals surface area contributed by atoms with Crippen molar-refractivity contribution in [2.45, 2.75) is 12.5 Å². The predicted molar refractivity (Wildman–Crippen MR) is 118 cm³/mol. The topological polar surface area (TPSA) is 92.2 Å². The molecule has 1 atom stereocenters. The summed E-state index contributed by atoms with van der Waals surface area (Å²) in [5.41, 5.74) is 1.24. The highest BCUT2D eigenvalue weighted by Crippen LogP contribution is 2.39. The van der Waals surface area contributed by atoms with Gasteiger partial charge < -0.3 is 19.5 Å². The molecule has 0 radical (unpaired) electrons. The van der Waals surface area contributed by atoms with Crippen molar-refractivity contribution in [2.24, 2.45) is 0 Å². The number of aromatic nitrogens is 1. The number of carbonyl (C=O) groups is 2. The van der Waals surface area contributed by atoms with Crippen molar-refractivity contribution in [2.75, 3.05) is 46.5 Å². The maximum Gasteiger partial charge on any atom is 0.295 e.